The first-order valence-electron chi connectivity index (χ1n) is 9.46. The van der Waals surface area contributed by atoms with Gasteiger partial charge >= 0.3 is 0 Å². The number of likely N-dealkylation sites (tertiary alicyclic amines) is 1. The van der Waals surface area contributed by atoms with Gasteiger partial charge in [0.1, 0.15) is 0 Å². The van der Waals surface area contributed by atoms with Crippen molar-refractivity contribution in [2.24, 2.45) is 11.7 Å². The molecule has 0 unspecified atom stereocenters. The van der Waals surface area contributed by atoms with Crippen molar-refractivity contribution >= 4 is 41.8 Å². The molecular weight excluding hydrogens is 409 g/mol. The summed E-state index contributed by atoms with van der Waals surface area (Å²) in [5, 5.41) is 5.27. The number of amides is 1. The molecule has 8 heteroatoms. The van der Waals surface area contributed by atoms with Crippen molar-refractivity contribution in [2.45, 2.75) is 25.8 Å². The third-order valence-electron chi connectivity index (χ3n) is 5.43. The summed E-state index contributed by atoms with van der Waals surface area (Å²) in [6.45, 7) is 6.07. The van der Waals surface area contributed by atoms with Gasteiger partial charge in [-0.05, 0) is 37.9 Å². The molecule has 156 valence electrons. The summed E-state index contributed by atoms with van der Waals surface area (Å²) in [7, 11) is 0. The summed E-state index contributed by atoms with van der Waals surface area (Å²) in [4.78, 5) is 19.5. The van der Waals surface area contributed by atoms with E-state index in [2.05, 4.69) is 36.1 Å². The van der Waals surface area contributed by atoms with Gasteiger partial charge in [0.05, 0.1) is 11.8 Å². The molecule has 2 N–H and O–H groups in total. The van der Waals surface area contributed by atoms with Crippen LogP contribution in [0.1, 0.15) is 41.7 Å². The molecule has 0 saturated carbocycles. The third-order valence-corrected chi connectivity index (χ3v) is 5.43. The van der Waals surface area contributed by atoms with Gasteiger partial charge in [-0.1, -0.05) is 30.3 Å². The Morgan fingerprint density at radius 3 is 2.55 bits per heavy atom. The van der Waals surface area contributed by atoms with Gasteiger partial charge in [-0.2, -0.15) is 5.10 Å². The van der Waals surface area contributed by atoms with E-state index in [-0.39, 0.29) is 48.6 Å². The normalized spacial score (nSPS) is 18.6. The Balaban J connectivity index is 0.00000150. The molecular formula is C21H27Cl2N5O. The molecule has 29 heavy (non-hydrogen) atoms. The number of rotatable bonds is 4. The van der Waals surface area contributed by atoms with Gasteiger partial charge in [-0.3, -0.25) is 4.79 Å². The van der Waals surface area contributed by atoms with Gasteiger partial charge in [0, 0.05) is 36.6 Å². The van der Waals surface area contributed by atoms with Crippen LogP contribution in [0, 0.1) is 5.92 Å². The fourth-order valence-corrected chi connectivity index (χ4v) is 3.97. The molecule has 6 nitrogen and oxygen atoms in total. The zero-order valence-corrected chi connectivity index (χ0v) is 18.2. The maximum atomic E-state index is 13.1. The highest BCUT2D eigenvalue weighted by Crippen LogP contribution is 2.33. The largest absolute Gasteiger partial charge is 0.338 e. The molecule has 1 aromatic carbocycles. The number of carbonyl (C=O) groups is 1. The van der Waals surface area contributed by atoms with Crippen molar-refractivity contribution in [3.8, 4) is 0 Å². The number of hydrogen-bond acceptors (Lipinski definition) is 4. The number of nitrogens with zero attached hydrogens (tertiary/aromatic N) is 4. The highest BCUT2D eigenvalue weighted by molar-refractivity contribution is 5.97. The van der Waals surface area contributed by atoms with Crippen molar-refractivity contribution in [3.05, 3.63) is 59.9 Å². The monoisotopic (exact) mass is 435 g/mol. The molecule has 0 bridgehead atoms. The topological polar surface area (TPSA) is 77.0 Å². The van der Waals surface area contributed by atoms with Crippen LogP contribution in [0.2, 0.25) is 0 Å². The van der Waals surface area contributed by atoms with Crippen molar-refractivity contribution in [3.63, 3.8) is 0 Å². The van der Waals surface area contributed by atoms with Crippen LogP contribution in [-0.4, -0.2) is 45.2 Å². The molecule has 2 atom stereocenters. The van der Waals surface area contributed by atoms with Gasteiger partial charge in [0.2, 0.25) is 0 Å². The number of fused-ring (bicyclic) bond motifs is 1. The van der Waals surface area contributed by atoms with Crippen molar-refractivity contribution in [1.82, 2.24) is 19.7 Å². The molecule has 1 aliphatic heterocycles. The van der Waals surface area contributed by atoms with Gasteiger partial charge in [0.15, 0.2) is 5.65 Å². The Hall–Kier alpha value is -2.15. The third kappa shape index (κ3) is 4.39. The first kappa shape index (κ1) is 23.1. The number of hydrogen-bond donors (Lipinski definition) is 1. The minimum absolute atomic E-state index is 0. The van der Waals surface area contributed by atoms with E-state index in [0.717, 1.165) is 11.0 Å². The van der Waals surface area contributed by atoms with E-state index >= 15 is 0 Å². The summed E-state index contributed by atoms with van der Waals surface area (Å²) in [5.74, 6) is 0.566. The molecule has 2 aromatic heterocycles. The van der Waals surface area contributed by atoms with Crippen LogP contribution in [-0.2, 0) is 0 Å². The van der Waals surface area contributed by atoms with Crippen LogP contribution in [0.15, 0.2) is 48.8 Å². The van der Waals surface area contributed by atoms with E-state index in [1.54, 1.807) is 12.4 Å². The van der Waals surface area contributed by atoms with Crippen LogP contribution in [0.5, 0.6) is 0 Å². The first-order chi connectivity index (χ1) is 13.1. The number of halogens is 2. The van der Waals surface area contributed by atoms with Crippen molar-refractivity contribution in [2.75, 3.05) is 19.6 Å². The highest BCUT2D eigenvalue weighted by atomic mass is 35.5. The maximum absolute atomic E-state index is 13.1. The van der Waals surface area contributed by atoms with Gasteiger partial charge in [-0.25, -0.2) is 9.67 Å². The molecule has 1 saturated heterocycles. The minimum Gasteiger partial charge on any atom is -0.338 e. The molecule has 0 spiro atoms. The number of aromatic nitrogens is 3. The lowest BCUT2D eigenvalue weighted by molar-refractivity contribution is 0.0786. The number of carbonyl (C=O) groups excluding carboxylic acids is 1. The standard InChI is InChI=1S/C21H25N5O.2ClH/c1-14(2)26-20-16(11-24-26)8-17(10-23-20)21(27)25-12-18(9-22)19(13-25)15-6-4-3-5-7-15;;/h3-8,10-11,14,18-19H,9,12-13,22H2,1-2H3;2*1H/t18-,19+;;/m1../s1. The first-order valence-corrected chi connectivity index (χ1v) is 9.46. The Labute approximate surface area is 183 Å². The fourth-order valence-electron chi connectivity index (χ4n) is 3.97. The molecule has 0 radical (unpaired) electrons. The Morgan fingerprint density at radius 2 is 1.90 bits per heavy atom. The number of nitrogens with two attached hydrogens (primary N) is 1. The molecule has 3 heterocycles. The lowest BCUT2D eigenvalue weighted by Gasteiger charge is -2.17. The molecule has 1 fully saturated rings. The van der Waals surface area contributed by atoms with Crippen LogP contribution in [0.25, 0.3) is 11.0 Å². The van der Waals surface area contributed by atoms with Gasteiger partial charge in [0.25, 0.3) is 5.91 Å². The predicted octanol–water partition coefficient (Wildman–Crippen LogP) is 3.67. The molecule has 0 aliphatic carbocycles. The zero-order valence-electron chi connectivity index (χ0n) is 16.6. The molecule has 1 amide bonds. The van der Waals surface area contributed by atoms with Gasteiger partial charge in [-0.15, -0.1) is 24.8 Å². The van der Waals surface area contributed by atoms with E-state index < -0.39 is 0 Å². The number of benzene rings is 1. The van der Waals surface area contributed by atoms with Crippen LogP contribution in [0.3, 0.4) is 0 Å². The summed E-state index contributed by atoms with van der Waals surface area (Å²) in [5.41, 5.74) is 8.67. The number of pyridine rings is 1. The van der Waals surface area contributed by atoms with Gasteiger partial charge < -0.3 is 10.6 Å². The van der Waals surface area contributed by atoms with E-state index in [9.17, 15) is 4.79 Å². The average molecular weight is 436 g/mol. The second kappa shape index (κ2) is 9.57. The fraction of sp³-hybridized carbons (Fsp3) is 0.381. The maximum Gasteiger partial charge on any atom is 0.255 e. The minimum atomic E-state index is 0. The van der Waals surface area contributed by atoms with E-state index in [1.165, 1.54) is 5.56 Å². The quantitative estimate of drug-likeness (QED) is 0.677. The Kier molecular flexibility index (Phi) is 7.63. The highest BCUT2D eigenvalue weighted by Gasteiger charge is 2.35. The summed E-state index contributed by atoms with van der Waals surface area (Å²) >= 11 is 0. The summed E-state index contributed by atoms with van der Waals surface area (Å²) in [6, 6.07) is 12.5. The Bertz CT molecular complexity index is 960. The van der Waals surface area contributed by atoms with E-state index in [1.807, 2.05) is 33.8 Å². The lowest BCUT2D eigenvalue weighted by Crippen LogP contribution is -2.29. The average Bonchev–Trinajstić information content (AvgIpc) is 3.31. The van der Waals surface area contributed by atoms with Crippen LogP contribution in [0.4, 0.5) is 0 Å². The molecule has 3 aromatic rings. The van der Waals surface area contributed by atoms with E-state index in [0.29, 0.717) is 25.2 Å². The summed E-state index contributed by atoms with van der Waals surface area (Å²) < 4.78 is 1.87. The molecule has 1 aliphatic rings. The van der Waals surface area contributed by atoms with E-state index in [4.69, 9.17) is 5.73 Å². The lowest BCUT2D eigenvalue weighted by atomic mass is 9.89. The molecule has 4 rings (SSSR count). The Morgan fingerprint density at radius 1 is 1.17 bits per heavy atom. The van der Waals surface area contributed by atoms with Crippen LogP contribution < -0.4 is 5.73 Å². The van der Waals surface area contributed by atoms with Crippen molar-refractivity contribution in [1.29, 1.82) is 0 Å². The zero-order chi connectivity index (χ0) is 19.0. The smallest absolute Gasteiger partial charge is 0.255 e. The predicted molar refractivity (Wildman–Crippen MR) is 120 cm³/mol. The second-order valence-corrected chi connectivity index (χ2v) is 7.54. The van der Waals surface area contributed by atoms with Crippen LogP contribution >= 0.6 is 24.8 Å². The second-order valence-electron chi connectivity index (χ2n) is 7.54. The van der Waals surface area contributed by atoms with Crippen molar-refractivity contribution < 1.29 is 4.79 Å². The SMILES string of the molecule is CC(C)n1ncc2cc(C(=O)N3C[C@@H](CN)[C@H](c4ccccc4)C3)cnc21.Cl.Cl. The summed E-state index contributed by atoms with van der Waals surface area (Å²) in [6.07, 6.45) is 3.44.